The van der Waals surface area contributed by atoms with Crippen LogP contribution in [0.2, 0.25) is 0 Å². The van der Waals surface area contributed by atoms with Gasteiger partial charge in [0.1, 0.15) is 4.90 Å². The van der Waals surface area contributed by atoms with E-state index in [2.05, 4.69) is 10.00 Å². The molecule has 0 aromatic carbocycles. The number of aliphatic hydroxyl groups excluding tert-OH is 1. The average Bonchev–Trinajstić information content (AvgIpc) is 2.88. The Morgan fingerprint density at radius 2 is 2.05 bits per heavy atom. The van der Waals surface area contributed by atoms with Crippen molar-refractivity contribution in [1.29, 1.82) is 0 Å². The first-order valence-corrected chi connectivity index (χ1v) is 8.65. The monoisotopic (exact) mass is 316 g/mol. The third-order valence-corrected chi connectivity index (χ3v) is 5.62. The summed E-state index contributed by atoms with van der Waals surface area (Å²) < 4.78 is 28.1. The van der Waals surface area contributed by atoms with Gasteiger partial charge in [0.15, 0.2) is 0 Å². The highest BCUT2D eigenvalue weighted by Gasteiger charge is 2.30. The molecule has 0 unspecified atom stereocenters. The lowest BCUT2D eigenvalue weighted by atomic mass is 9.98. The van der Waals surface area contributed by atoms with Gasteiger partial charge in [0, 0.05) is 25.8 Å². The number of sulfonamides is 1. The first-order valence-electron chi connectivity index (χ1n) is 7.21. The van der Waals surface area contributed by atoms with Crippen LogP contribution in [0.1, 0.15) is 12.8 Å². The molecule has 7 nitrogen and oxygen atoms in total. The topological polar surface area (TPSA) is 78.7 Å². The van der Waals surface area contributed by atoms with Crippen molar-refractivity contribution in [2.45, 2.75) is 24.3 Å². The smallest absolute Gasteiger partial charge is 0.246 e. The maximum Gasteiger partial charge on any atom is 0.246 e. The molecule has 1 aromatic heterocycles. The second-order valence-corrected chi connectivity index (χ2v) is 7.71. The lowest BCUT2D eigenvalue weighted by molar-refractivity contribution is 0.225. The van der Waals surface area contributed by atoms with Crippen LogP contribution < -0.4 is 0 Å². The fourth-order valence-corrected chi connectivity index (χ4v) is 4.13. The van der Waals surface area contributed by atoms with E-state index in [9.17, 15) is 8.42 Å². The number of aliphatic hydroxyl groups is 1. The quantitative estimate of drug-likeness (QED) is 0.789. The number of nitrogens with zero attached hydrogens (tertiary/aromatic N) is 4. The van der Waals surface area contributed by atoms with E-state index in [1.165, 1.54) is 17.1 Å². The van der Waals surface area contributed by atoms with Crippen LogP contribution in [0, 0.1) is 5.92 Å². The summed E-state index contributed by atoms with van der Waals surface area (Å²) in [6.07, 6.45) is 4.62. The van der Waals surface area contributed by atoms with Gasteiger partial charge in [-0.3, -0.25) is 4.68 Å². The molecule has 0 saturated carbocycles. The Bertz CT molecular complexity index is 548. The zero-order valence-electron chi connectivity index (χ0n) is 12.6. The number of rotatable bonds is 6. The fraction of sp³-hybridized carbons (Fsp3) is 0.769. The molecule has 2 heterocycles. The number of hydrogen-bond donors (Lipinski definition) is 1. The van der Waals surface area contributed by atoms with Crippen LogP contribution in [-0.2, 0) is 16.6 Å². The molecule has 0 bridgehead atoms. The van der Waals surface area contributed by atoms with Crippen LogP contribution in [0.5, 0.6) is 0 Å². The Kier molecular flexibility index (Phi) is 5.37. The minimum Gasteiger partial charge on any atom is -0.394 e. The number of aromatic nitrogens is 2. The second kappa shape index (κ2) is 6.87. The maximum atomic E-state index is 12.5. The molecule has 2 rings (SSSR count). The van der Waals surface area contributed by atoms with E-state index in [0.717, 1.165) is 19.4 Å². The van der Waals surface area contributed by atoms with Gasteiger partial charge in [-0.05, 0) is 32.9 Å². The highest BCUT2D eigenvalue weighted by Crippen LogP contribution is 2.23. The van der Waals surface area contributed by atoms with Crippen LogP contribution in [0.4, 0.5) is 0 Å². The minimum atomic E-state index is -3.46. The van der Waals surface area contributed by atoms with Crippen molar-refractivity contribution < 1.29 is 13.5 Å². The largest absolute Gasteiger partial charge is 0.394 e. The Balaban J connectivity index is 2.00. The lowest BCUT2D eigenvalue weighted by Crippen LogP contribution is -2.40. The average molecular weight is 316 g/mol. The van der Waals surface area contributed by atoms with Crippen LogP contribution in [-0.4, -0.2) is 72.8 Å². The number of hydrogen-bond acceptors (Lipinski definition) is 5. The molecule has 1 aliphatic heterocycles. The summed E-state index contributed by atoms with van der Waals surface area (Å²) in [6.45, 7) is 2.37. The van der Waals surface area contributed by atoms with Crippen molar-refractivity contribution in [3.63, 3.8) is 0 Å². The highest BCUT2D eigenvalue weighted by atomic mass is 32.2. The summed E-state index contributed by atoms with van der Waals surface area (Å²) in [6, 6.07) is 0. The van der Waals surface area contributed by atoms with Crippen LogP contribution in [0.15, 0.2) is 17.3 Å². The van der Waals surface area contributed by atoms with Crippen LogP contribution >= 0.6 is 0 Å². The summed E-state index contributed by atoms with van der Waals surface area (Å²) in [4.78, 5) is 2.36. The predicted molar refractivity (Wildman–Crippen MR) is 79.3 cm³/mol. The van der Waals surface area contributed by atoms with Gasteiger partial charge in [0.2, 0.25) is 10.0 Å². The Hall–Kier alpha value is -0.960. The normalized spacial score (nSPS) is 18.5. The molecule has 120 valence electrons. The molecule has 1 aliphatic rings. The third kappa shape index (κ3) is 4.03. The van der Waals surface area contributed by atoms with Gasteiger partial charge in [0.05, 0.1) is 19.3 Å². The Morgan fingerprint density at radius 3 is 2.62 bits per heavy atom. The zero-order chi connectivity index (χ0) is 15.5. The van der Waals surface area contributed by atoms with E-state index in [1.807, 2.05) is 14.1 Å². The van der Waals surface area contributed by atoms with Crippen molar-refractivity contribution in [3.05, 3.63) is 12.4 Å². The number of piperidine rings is 1. The van der Waals surface area contributed by atoms with Gasteiger partial charge in [-0.25, -0.2) is 8.42 Å². The van der Waals surface area contributed by atoms with Gasteiger partial charge in [0.25, 0.3) is 0 Å². The summed E-state index contributed by atoms with van der Waals surface area (Å²) in [5, 5.41) is 12.8. The summed E-state index contributed by atoms with van der Waals surface area (Å²) >= 11 is 0. The highest BCUT2D eigenvalue weighted by molar-refractivity contribution is 7.89. The Labute approximate surface area is 126 Å². The first kappa shape index (κ1) is 16.4. The van der Waals surface area contributed by atoms with Crippen molar-refractivity contribution in [2.24, 2.45) is 5.92 Å². The van der Waals surface area contributed by atoms with Crippen LogP contribution in [0.3, 0.4) is 0 Å². The van der Waals surface area contributed by atoms with Gasteiger partial charge in [-0.1, -0.05) is 0 Å². The van der Waals surface area contributed by atoms with Gasteiger partial charge < -0.3 is 10.0 Å². The fourth-order valence-electron chi connectivity index (χ4n) is 2.70. The molecule has 0 spiro atoms. The van der Waals surface area contributed by atoms with E-state index in [1.54, 1.807) is 4.31 Å². The van der Waals surface area contributed by atoms with Crippen molar-refractivity contribution in [1.82, 2.24) is 19.0 Å². The molecular weight excluding hydrogens is 292 g/mol. The molecule has 1 aromatic rings. The summed E-state index contributed by atoms with van der Waals surface area (Å²) in [5.41, 5.74) is 0. The van der Waals surface area contributed by atoms with Crippen molar-refractivity contribution >= 4 is 10.0 Å². The molecule has 0 aliphatic carbocycles. The molecular formula is C13H24N4O3S. The van der Waals surface area contributed by atoms with Crippen molar-refractivity contribution in [2.75, 3.05) is 40.3 Å². The van der Waals surface area contributed by atoms with Crippen molar-refractivity contribution in [3.8, 4) is 0 Å². The zero-order valence-corrected chi connectivity index (χ0v) is 13.5. The third-order valence-electron chi connectivity index (χ3n) is 3.77. The molecule has 0 amide bonds. The molecule has 1 fully saturated rings. The van der Waals surface area contributed by atoms with E-state index in [4.69, 9.17) is 5.11 Å². The molecule has 0 radical (unpaired) electrons. The molecule has 21 heavy (non-hydrogen) atoms. The first-order chi connectivity index (χ1) is 9.93. The predicted octanol–water partition coefficient (Wildman–Crippen LogP) is -0.162. The van der Waals surface area contributed by atoms with Gasteiger partial charge >= 0.3 is 0 Å². The second-order valence-electron chi connectivity index (χ2n) is 5.77. The molecule has 1 N–H and O–H groups in total. The van der Waals surface area contributed by atoms with E-state index >= 15 is 0 Å². The SMILES string of the molecule is CN(C)CC1CCN(S(=O)(=O)c2cnn(CCO)c2)CC1. The molecule has 0 atom stereocenters. The summed E-state index contributed by atoms with van der Waals surface area (Å²) in [5.74, 6) is 0.559. The van der Waals surface area contributed by atoms with E-state index in [-0.39, 0.29) is 11.5 Å². The molecule has 8 heteroatoms. The van der Waals surface area contributed by atoms with Gasteiger partial charge in [-0.15, -0.1) is 0 Å². The van der Waals surface area contributed by atoms with Crippen LogP contribution in [0.25, 0.3) is 0 Å². The van der Waals surface area contributed by atoms with E-state index < -0.39 is 10.0 Å². The van der Waals surface area contributed by atoms with Gasteiger partial charge in [-0.2, -0.15) is 9.40 Å². The maximum absolute atomic E-state index is 12.5. The molecule has 1 saturated heterocycles. The standard InChI is InChI=1S/C13H24N4O3S/c1-15(2)10-12-3-5-17(6-4-12)21(19,20)13-9-14-16(11-13)7-8-18/h9,11-12,18H,3-8,10H2,1-2H3. The van der Waals surface area contributed by atoms with E-state index in [0.29, 0.717) is 25.6 Å². The summed E-state index contributed by atoms with van der Waals surface area (Å²) in [7, 11) is 0.624. The Morgan fingerprint density at radius 1 is 1.38 bits per heavy atom. The lowest BCUT2D eigenvalue weighted by Gasteiger charge is -2.32. The minimum absolute atomic E-state index is 0.0584.